The van der Waals surface area contributed by atoms with Crippen LogP contribution >= 0.6 is 0 Å². The van der Waals surface area contributed by atoms with Crippen LogP contribution in [-0.2, 0) is 25.5 Å². The molecule has 3 fully saturated rings. The van der Waals surface area contributed by atoms with Gasteiger partial charge in [0.2, 0.25) is 17.7 Å². The molecule has 148 valence electrons. The number of carbonyl (C=O) groups is 3. The molecule has 5 rings (SSSR count). The molecule has 6 atom stereocenters. The van der Waals surface area contributed by atoms with E-state index < -0.39 is 17.9 Å². The lowest BCUT2D eigenvalue weighted by molar-refractivity contribution is -0.149. The molecule has 1 aromatic rings. The Labute approximate surface area is 163 Å². The number of amides is 3. The lowest BCUT2D eigenvalue weighted by Gasteiger charge is -2.29. The van der Waals surface area contributed by atoms with Gasteiger partial charge in [0.05, 0.1) is 24.0 Å². The largest absolute Gasteiger partial charge is 0.373 e. The van der Waals surface area contributed by atoms with Gasteiger partial charge in [-0.3, -0.25) is 19.3 Å². The molecule has 0 saturated carbocycles. The fourth-order valence-corrected chi connectivity index (χ4v) is 5.36. The summed E-state index contributed by atoms with van der Waals surface area (Å²) in [6, 6.07) is 7.45. The number of fused-ring (bicyclic) bond motifs is 6. The number of nitrogens with one attached hydrogen (secondary N) is 2. The first-order chi connectivity index (χ1) is 13.6. The molecule has 0 spiro atoms. The van der Waals surface area contributed by atoms with Gasteiger partial charge < -0.3 is 15.4 Å². The first kappa shape index (κ1) is 17.8. The predicted octanol–water partition coefficient (Wildman–Crippen LogP) is 0.540. The smallest absolute Gasteiger partial charge is 0.243 e. The van der Waals surface area contributed by atoms with Crippen LogP contribution in [0, 0.1) is 11.8 Å². The van der Waals surface area contributed by atoms with Crippen molar-refractivity contribution >= 4 is 17.7 Å². The van der Waals surface area contributed by atoms with E-state index in [1.54, 1.807) is 6.92 Å². The summed E-state index contributed by atoms with van der Waals surface area (Å²) < 4.78 is 5.75. The second-order valence-corrected chi connectivity index (χ2v) is 8.27. The predicted molar refractivity (Wildman–Crippen MR) is 100 cm³/mol. The minimum atomic E-state index is -0.802. The quantitative estimate of drug-likeness (QED) is 0.741. The van der Waals surface area contributed by atoms with Crippen molar-refractivity contribution in [1.29, 1.82) is 0 Å². The Hall–Kier alpha value is -2.25. The number of carbonyl (C=O) groups excluding carboxylic acids is 3. The zero-order valence-corrected chi connectivity index (χ0v) is 15.9. The van der Waals surface area contributed by atoms with E-state index in [4.69, 9.17) is 4.74 Å². The van der Waals surface area contributed by atoms with Crippen molar-refractivity contribution in [2.45, 2.75) is 50.5 Å². The molecule has 4 aliphatic heterocycles. The Morgan fingerprint density at radius 3 is 2.61 bits per heavy atom. The number of ether oxygens (including phenoxy) is 1. The average Bonchev–Trinajstić information content (AvgIpc) is 3.39. The molecule has 2 N–H and O–H groups in total. The highest BCUT2D eigenvalue weighted by atomic mass is 16.5. The number of likely N-dealkylation sites (tertiary alicyclic amines) is 1. The summed E-state index contributed by atoms with van der Waals surface area (Å²) in [6.45, 7) is 2.93. The highest BCUT2D eigenvalue weighted by molar-refractivity contribution is 6.09. The SMILES string of the molecule is CC(C(=O)NCC1NCCc2ccccc21)N1C(=O)C2C3CCC(O3)C2C1=O. The molecular formula is C21H25N3O4. The van der Waals surface area contributed by atoms with E-state index in [1.165, 1.54) is 16.0 Å². The Bertz CT molecular complexity index is 813. The van der Waals surface area contributed by atoms with Crippen molar-refractivity contribution in [3.8, 4) is 0 Å². The first-order valence-corrected chi connectivity index (χ1v) is 10.2. The van der Waals surface area contributed by atoms with Crippen molar-refractivity contribution in [3.05, 3.63) is 35.4 Å². The van der Waals surface area contributed by atoms with E-state index in [0.717, 1.165) is 25.8 Å². The summed E-state index contributed by atoms with van der Waals surface area (Å²) in [7, 11) is 0. The van der Waals surface area contributed by atoms with Crippen LogP contribution in [0.5, 0.6) is 0 Å². The standard InChI is InChI=1S/C21H25N3O4/c1-11(24-20(26)17-15-6-7-16(28-15)18(17)21(24)27)19(25)23-10-14-13-5-3-2-4-12(13)8-9-22-14/h2-5,11,14-18,22H,6-10H2,1H3,(H,23,25). The van der Waals surface area contributed by atoms with Gasteiger partial charge in [-0.2, -0.15) is 0 Å². The number of hydrogen-bond acceptors (Lipinski definition) is 5. The summed E-state index contributed by atoms with van der Waals surface area (Å²) >= 11 is 0. The maximum atomic E-state index is 12.8. The zero-order chi connectivity index (χ0) is 19.4. The number of rotatable bonds is 4. The summed E-state index contributed by atoms with van der Waals surface area (Å²) in [6.07, 6.45) is 2.31. The fourth-order valence-electron chi connectivity index (χ4n) is 5.36. The van der Waals surface area contributed by atoms with E-state index in [2.05, 4.69) is 22.8 Å². The highest BCUT2D eigenvalue weighted by Gasteiger charge is 2.63. The number of hydrogen-bond donors (Lipinski definition) is 2. The Morgan fingerprint density at radius 2 is 1.89 bits per heavy atom. The lowest BCUT2D eigenvalue weighted by Crippen LogP contribution is -2.50. The maximum Gasteiger partial charge on any atom is 0.243 e. The third-order valence-electron chi connectivity index (χ3n) is 6.78. The van der Waals surface area contributed by atoms with Crippen LogP contribution in [0.3, 0.4) is 0 Å². The third-order valence-corrected chi connectivity index (χ3v) is 6.78. The Kier molecular flexibility index (Phi) is 4.25. The third kappa shape index (κ3) is 2.60. The van der Waals surface area contributed by atoms with Gasteiger partial charge in [0.25, 0.3) is 0 Å². The molecule has 2 bridgehead atoms. The van der Waals surface area contributed by atoms with E-state index in [1.807, 2.05) is 12.1 Å². The second-order valence-electron chi connectivity index (χ2n) is 8.27. The summed E-state index contributed by atoms with van der Waals surface area (Å²) in [5, 5.41) is 6.37. The van der Waals surface area contributed by atoms with E-state index in [9.17, 15) is 14.4 Å². The van der Waals surface area contributed by atoms with Crippen LogP contribution in [0.25, 0.3) is 0 Å². The van der Waals surface area contributed by atoms with Crippen LogP contribution in [0.2, 0.25) is 0 Å². The molecule has 1 aromatic carbocycles. The van der Waals surface area contributed by atoms with Gasteiger partial charge in [-0.1, -0.05) is 24.3 Å². The molecule has 6 unspecified atom stereocenters. The lowest BCUT2D eigenvalue weighted by atomic mass is 9.81. The van der Waals surface area contributed by atoms with Crippen LogP contribution in [0.4, 0.5) is 0 Å². The van der Waals surface area contributed by atoms with Crippen molar-refractivity contribution in [3.63, 3.8) is 0 Å². The molecule has 0 aliphatic carbocycles. The normalized spacial score (nSPS) is 34.3. The number of nitrogens with zero attached hydrogens (tertiary/aromatic N) is 1. The fraction of sp³-hybridized carbons (Fsp3) is 0.571. The van der Waals surface area contributed by atoms with E-state index in [0.29, 0.717) is 6.54 Å². The van der Waals surface area contributed by atoms with E-state index >= 15 is 0 Å². The van der Waals surface area contributed by atoms with Crippen LogP contribution in [0.1, 0.15) is 36.9 Å². The van der Waals surface area contributed by atoms with Gasteiger partial charge in [-0.25, -0.2) is 0 Å². The zero-order valence-electron chi connectivity index (χ0n) is 15.9. The molecule has 3 amide bonds. The topological polar surface area (TPSA) is 87.7 Å². The Morgan fingerprint density at radius 1 is 1.21 bits per heavy atom. The van der Waals surface area contributed by atoms with Crippen molar-refractivity contribution in [2.75, 3.05) is 13.1 Å². The molecule has 28 heavy (non-hydrogen) atoms. The van der Waals surface area contributed by atoms with Gasteiger partial charge in [0, 0.05) is 12.6 Å². The molecule has 4 heterocycles. The number of benzene rings is 1. The molecule has 0 aromatic heterocycles. The van der Waals surface area contributed by atoms with Gasteiger partial charge in [-0.15, -0.1) is 0 Å². The van der Waals surface area contributed by atoms with Gasteiger partial charge in [-0.05, 0) is 43.9 Å². The van der Waals surface area contributed by atoms with Gasteiger partial charge in [0.15, 0.2) is 0 Å². The first-order valence-electron chi connectivity index (χ1n) is 10.2. The second kappa shape index (κ2) is 6.67. The molecule has 0 radical (unpaired) electrons. The van der Waals surface area contributed by atoms with Crippen LogP contribution < -0.4 is 10.6 Å². The minimum absolute atomic E-state index is 0.0368. The van der Waals surface area contributed by atoms with Gasteiger partial charge in [0.1, 0.15) is 6.04 Å². The molecule has 4 aliphatic rings. The molecule has 3 saturated heterocycles. The van der Waals surface area contributed by atoms with Gasteiger partial charge >= 0.3 is 0 Å². The monoisotopic (exact) mass is 383 g/mol. The molecule has 7 heteroatoms. The Balaban J connectivity index is 1.25. The summed E-state index contributed by atoms with van der Waals surface area (Å²) in [5.74, 6) is -1.57. The van der Waals surface area contributed by atoms with E-state index in [-0.39, 0.29) is 36.0 Å². The van der Waals surface area contributed by atoms with Crippen LogP contribution in [0.15, 0.2) is 24.3 Å². The highest BCUT2D eigenvalue weighted by Crippen LogP contribution is 2.48. The summed E-state index contributed by atoms with van der Waals surface area (Å²) in [4.78, 5) is 39.6. The van der Waals surface area contributed by atoms with Crippen LogP contribution in [-0.4, -0.2) is 54.0 Å². The minimum Gasteiger partial charge on any atom is -0.373 e. The maximum absolute atomic E-state index is 12.8. The van der Waals surface area contributed by atoms with Crippen molar-refractivity contribution in [1.82, 2.24) is 15.5 Å². The van der Waals surface area contributed by atoms with Crippen molar-refractivity contribution in [2.24, 2.45) is 11.8 Å². The average molecular weight is 383 g/mol. The number of imide groups is 1. The summed E-state index contributed by atoms with van der Waals surface area (Å²) in [5.41, 5.74) is 2.49. The van der Waals surface area contributed by atoms with Crippen molar-refractivity contribution < 1.29 is 19.1 Å². The molecular weight excluding hydrogens is 358 g/mol. The molecule has 7 nitrogen and oxygen atoms in total.